The van der Waals surface area contributed by atoms with Crippen LogP contribution in [0.25, 0.3) is 0 Å². The number of piperidine rings is 1. The van der Waals surface area contributed by atoms with E-state index in [4.69, 9.17) is 11.6 Å². The number of hydrogen-bond donors (Lipinski definition) is 1. The summed E-state index contributed by atoms with van der Waals surface area (Å²) in [4.78, 5) is 6.63. The molecule has 0 aliphatic carbocycles. The molecule has 4 heteroatoms. The molecule has 1 N–H and O–H groups in total. The van der Waals surface area contributed by atoms with Crippen molar-refractivity contribution in [2.45, 2.75) is 32.4 Å². The Kier molecular flexibility index (Phi) is 4.37. The largest absolute Gasteiger partial charge is 0.395 e. The first-order valence-electron chi connectivity index (χ1n) is 6.16. The van der Waals surface area contributed by atoms with Crippen LogP contribution >= 0.6 is 11.6 Å². The third kappa shape index (κ3) is 3.18. The summed E-state index contributed by atoms with van der Waals surface area (Å²) in [6, 6.07) is 4.09. The van der Waals surface area contributed by atoms with Crippen LogP contribution in [0.4, 0.5) is 0 Å². The first-order chi connectivity index (χ1) is 8.20. The predicted octanol–water partition coefficient (Wildman–Crippen LogP) is 2.33. The highest BCUT2D eigenvalue weighted by Crippen LogP contribution is 2.24. The predicted molar refractivity (Wildman–Crippen MR) is 68.9 cm³/mol. The molecule has 1 fully saturated rings. The van der Waals surface area contributed by atoms with E-state index in [2.05, 4.69) is 16.8 Å². The Bertz CT molecular complexity index is 355. The van der Waals surface area contributed by atoms with Gasteiger partial charge in [-0.3, -0.25) is 9.88 Å². The van der Waals surface area contributed by atoms with Gasteiger partial charge in [0.25, 0.3) is 0 Å². The number of aromatic nitrogens is 1. The van der Waals surface area contributed by atoms with Gasteiger partial charge in [0.15, 0.2) is 0 Å². The minimum Gasteiger partial charge on any atom is -0.395 e. The zero-order valence-electron chi connectivity index (χ0n) is 10.1. The molecule has 1 aliphatic heterocycles. The number of pyridine rings is 1. The quantitative estimate of drug-likeness (QED) is 0.900. The van der Waals surface area contributed by atoms with Crippen LogP contribution in [0.15, 0.2) is 18.3 Å². The lowest BCUT2D eigenvalue weighted by molar-refractivity contribution is 0.0464. The second-order valence-electron chi connectivity index (χ2n) is 4.81. The molecule has 2 rings (SSSR count). The van der Waals surface area contributed by atoms with Crippen LogP contribution < -0.4 is 0 Å². The molecular weight excluding hydrogens is 236 g/mol. The standard InChI is InChI=1S/C13H19ClN2O/c1-10-3-2-6-16(13(10)9-17)8-12-5-4-11(14)7-15-12/h4-5,7,10,13,17H,2-3,6,8-9H2,1H3. The highest BCUT2D eigenvalue weighted by atomic mass is 35.5. The van der Waals surface area contributed by atoms with Gasteiger partial charge in [0.1, 0.15) is 0 Å². The van der Waals surface area contributed by atoms with Crippen molar-refractivity contribution in [2.24, 2.45) is 5.92 Å². The van der Waals surface area contributed by atoms with Gasteiger partial charge >= 0.3 is 0 Å². The molecule has 2 heterocycles. The number of aliphatic hydroxyl groups excluding tert-OH is 1. The van der Waals surface area contributed by atoms with E-state index in [1.807, 2.05) is 12.1 Å². The van der Waals surface area contributed by atoms with E-state index < -0.39 is 0 Å². The number of aliphatic hydroxyl groups is 1. The number of likely N-dealkylation sites (tertiary alicyclic amines) is 1. The summed E-state index contributed by atoms with van der Waals surface area (Å²) in [7, 11) is 0. The van der Waals surface area contributed by atoms with Crippen LogP contribution in [0, 0.1) is 5.92 Å². The zero-order valence-corrected chi connectivity index (χ0v) is 10.9. The molecule has 0 saturated carbocycles. The molecule has 0 spiro atoms. The van der Waals surface area contributed by atoms with Gasteiger partial charge < -0.3 is 5.11 Å². The van der Waals surface area contributed by atoms with Crippen LogP contribution in [0.2, 0.25) is 5.02 Å². The highest BCUT2D eigenvalue weighted by Gasteiger charge is 2.27. The maximum atomic E-state index is 9.47. The van der Waals surface area contributed by atoms with E-state index in [-0.39, 0.29) is 12.6 Å². The van der Waals surface area contributed by atoms with Gasteiger partial charge in [-0.2, -0.15) is 0 Å². The summed E-state index contributed by atoms with van der Waals surface area (Å²) in [5.41, 5.74) is 1.02. The van der Waals surface area contributed by atoms with Crippen LogP contribution in [-0.2, 0) is 6.54 Å². The first-order valence-corrected chi connectivity index (χ1v) is 6.54. The molecule has 17 heavy (non-hydrogen) atoms. The summed E-state index contributed by atoms with van der Waals surface area (Å²) >= 11 is 5.82. The topological polar surface area (TPSA) is 36.4 Å². The fraction of sp³-hybridized carbons (Fsp3) is 0.615. The smallest absolute Gasteiger partial charge is 0.0589 e. The summed E-state index contributed by atoms with van der Waals surface area (Å²) in [5, 5.41) is 10.1. The molecule has 0 radical (unpaired) electrons. The Morgan fingerprint density at radius 3 is 3.00 bits per heavy atom. The van der Waals surface area contributed by atoms with Gasteiger partial charge in [-0.15, -0.1) is 0 Å². The number of nitrogens with zero attached hydrogens (tertiary/aromatic N) is 2. The molecular formula is C13H19ClN2O. The van der Waals surface area contributed by atoms with Gasteiger partial charge in [0, 0.05) is 18.8 Å². The molecule has 0 bridgehead atoms. The Morgan fingerprint density at radius 1 is 1.53 bits per heavy atom. The molecule has 0 aromatic carbocycles. The Balaban J connectivity index is 2.03. The lowest BCUT2D eigenvalue weighted by Crippen LogP contribution is -2.46. The number of rotatable bonds is 3. The molecule has 3 nitrogen and oxygen atoms in total. The Morgan fingerprint density at radius 2 is 2.35 bits per heavy atom. The van der Waals surface area contributed by atoms with E-state index in [9.17, 15) is 5.11 Å². The fourth-order valence-corrected chi connectivity index (χ4v) is 2.65. The number of hydrogen-bond acceptors (Lipinski definition) is 3. The van der Waals surface area contributed by atoms with Crippen molar-refractivity contribution in [3.63, 3.8) is 0 Å². The van der Waals surface area contributed by atoms with E-state index in [0.717, 1.165) is 18.8 Å². The lowest BCUT2D eigenvalue weighted by Gasteiger charge is -2.38. The van der Waals surface area contributed by atoms with Gasteiger partial charge in [-0.25, -0.2) is 0 Å². The van der Waals surface area contributed by atoms with E-state index >= 15 is 0 Å². The molecule has 1 saturated heterocycles. The normalized spacial score (nSPS) is 26.1. The second-order valence-corrected chi connectivity index (χ2v) is 5.24. The average Bonchev–Trinajstić information content (AvgIpc) is 2.32. The fourth-order valence-electron chi connectivity index (χ4n) is 2.53. The van der Waals surface area contributed by atoms with Crippen LogP contribution in [0.1, 0.15) is 25.5 Å². The van der Waals surface area contributed by atoms with E-state index in [1.165, 1.54) is 12.8 Å². The summed E-state index contributed by atoms with van der Waals surface area (Å²) in [6.45, 7) is 4.28. The third-order valence-electron chi connectivity index (χ3n) is 3.57. The summed E-state index contributed by atoms with van der Waals surface area (Å²) < 4.78 is 0. The van der Waals surface area contributed by atoms with Crippen LogP contribution in [0.3, 0.4) is 0 Å². The van der Waals surface area contributed by atoms with Crippen molar-refractivity contribution in [3.8, 4) is 0 Å². The van der Waals surface area contributed by atoms with Crippen LogP contribution in [0.5, 0.6) is 0 Å². The van der Waals surface area contributed by atoms with Crippen molar-refractivity contribution < 1.29 is 5.11 Å². The van der Waals surface area contributed by atoms with Crippen molar-refractivity contribution in [1.29, 1.82) is 0 Å². The molecule has 94 valence electrons. The monoisotopic (exact) mass is 254 g/mol. The minimum absolute atomic E-state index is 0.231. The summed E-state index contributed by atoms with van der Waals surface area (Å²) in [5.74, 6) is 0.557. The maximum Gasteiger partial charge on any atom is 0.0589 e. The molecule has 2 atom stereocenters. The SMILES string of the molecule is CC1CCCN(Cc2ccc(Cl)cn2)C1CO. The highest BCUT2D eigenvalue weighted by molar-refractivity contribution is 6.30. The first kappa shape index (κ1) is 12.8. The molecule has 1 aliphatic rings. The molecule has 1 aromatic rings. The molecule has 2 unspecified atom stereocenters. The maximum absolute atomic E-state index is 9.47. The van der Waals surface area contributed by atoms with Crippen LogP contribution in [-0.4, -0.2) is 34.2 Å². The van der Waals surface area contributed by atoms with Crippen molar-refractivity contribution in [3.05, 3.63) is 29.0 Å². The van der Waals surface area contributed by atoms with E-state index in [0.29, 0.717) is 10.9 Å². The van der Waals surface area contributed by atoms with Crippen molar-refractivity contribution >= 4 is 11.6 Å². The Labute approximate surface area is 107 Å². The van der Waals surface area contributed by atoms with Crippen molar-refractivity contribution in [2.75, 3.05) is 13.2 Å². The second kappa shape index (κ2) is 5.80. The van der Waals surface area contributed by atoms with Crippen molar-refractivity contribution in [1.82, 2.24) is 9.88 Å². The Hall–Kier alpha value is -0.640. The minimum atomic E-state index is 0.231. The number of halogens is 1. The van der Waals surface area contributed by atoms with Gasteiger partial charge in [0.2, 0.25) is 0 Å². The lowest BCUT2D eigenvalue weighted by atomic mass is 9.91. The summed E-state index contributed by atoms with van der Waals surface area (Å²) in [6.07, 6.45) is 4.08. The van der Waals surface area contributed by atoms with Gasteiger partial charge in [-0.1, -0.05) is 18.5 Å². The average molecular weight is 255 g/mol. The molecule has 0 amide bonds. The van der Waals surface area contributed by atoms with Gasteiger partial charge in [0.05, 0.1) is 17.3 Å². The van der Waals surface area contributed by atoms with Gasteiger partial charge in [-0.05, 0) is 37.4 Å². The zero-order chi connectivity index (χ0) is 12.3. The molecule has 1 aromatic heterocycles. The third-order valence-corrected chi connectivity index (χ3v) is 3.80. The van der Waals surface area contributed by atoms with E-state index in [1.54, 1.807) is 6.20 Å².